The quantitative estimate of drug-likeness (QED) is 0.578. The Bertz CT molecular complexity index is 1250. The summed E-state index contributed by atoms with van der Waals surface area (Å²) < 4.78 is 14.6. The number of rotatable bonds is 5. The van der Waals surface area contributed by atoms with E-state index in [1.54, 1.807) is 12.3 Å². The largest absolute Gasteiger partial charge is 0.367 e. The molecule has 1 fully saturated rings. The maximum absolute atomic E-state index is 14.6. The van der Waals surface area contributed by atoms with E-state index in [1.807, 2.05) is 30.3 Å². The molecule has 3 heterocycles. The first-order chi connectivity index (χ1) is 16.8. The Balaban J connectivity index is 1.39. The number of nitrogens with one attached hydrogen (secondary N) is 2. The second-order valence-corrected chi connectivity index (χ2v) is 9.80. The molecule has 1 saturated heterocycles. The van der Waals surface area contributed by atoms with E-state index in [4.69, 9.17) is 4.98 Å². The lowest BCUT2D eigenvalue weighted by molar-refractivity contribution is 0.0930. The fraction of sp³-hybridized carbons (Fsp3) is 0.370. The van der Waals surface area contributed by atoms with Crippen molar-refractivity contribution in [2.75, 3.05) is 49.5 Å². The van der Waals surface area contributed by atoms with Crippen LogP contribution in [0.3, 0.4) is 0 Å². The van der Waals surface area contributed by atoms with Crippen molar-refractivity contribution >= 4 is 23.2 Å². The first-order valence-corrected chi connectivity index (χ1v) is 12.1. The number of carbonyl (C=O) groups excluding carboxylic acids is 1. The summed E-state index contributed by atoms with van der Waals surface area (Å²) in [6, 6.07) is 12.7. The number of likely N-dealkylation sites (N-methyl/N-ethyl adjacent to an activating group) is 1. The fourth-order valence-corrected chi connectivity index (χ4v) is 4.80. The summed E-state index contributed by atoms with van der Waals surface area (Å²) in [5.41, 5.74) is 4.56. The number of carbonyl (C=O) groups is 1. The van der Waals surface area contributed by atoms with Crippen LogP contribution in [0.5, 0.6) is 0 Å². The number of nitrogens with zero attached hydrogens (tertiary/aromatic N) is 4. The van der Waals surface area contributed by atoms with Gasteiger partial charge in [0.1, 0.15) is 5.82 Å². The predicted octanol–water partition coefficient (Wildman–Crippen LogP) is 4.19. The molecular formula is C27H31FN6O. The molecule has 0 unspecified atom stereocenters. The maximum atomic E-state index is 14.6. The molecule has 2 aromatic carbocycles. The van der Waals surface area contributed by atoms with E-state index >= 15 is 0 Å². The number of hydrogen-bond acceptors (Lipinski definition) is 6. The smallest absolute Gasteiger partial charge is 0.251 e. The molecule has 0 bridgehead atoms. The maximum Gasteiger partial charge on any atom is 0.251 e. The van der Waals surface area contributed by atoms with Crippen molar-refractivity contribution in [3.05, 3.63) is 65.6 Å². The Morgan fingerprint density at radius 2 is 1.89 bits per heavy atom. The van der Waals surface area contributed by atoms with Crippen molar-refractivity contribution in [3.63, 3.8) is 0 Å². The van der Waals surface area contributed by atoms with E-state index in [1.165, 1.54) is 6.07 Å². The van der Waals surface area contributed by atoms with Gasteiger partial charge < -0.3 is 20.4 Å². The van der Waals surface area contributed by atoms with E-state index in [-0.39, 0.29) is 17.1 Å². The van der Waals surface area contributed by atoms with Gasteiger partial charge in [-0.25, -0.2) is 14.4 Å². The molecule has 2 N–H and O–H groups in total. The van der Waals surface area contributed by atoms with Crippen LogP contribution in [-0.4, -0.2) is 60.0 Å². The van der Waals surface area contributed by atoms with Crippen molar-refractivity contribution < 1.29 is 9.18 Å². The van der Waals surface area contributed by atoms with E-state index in [9.17, 15) is 9.18 Å². The van der Waals surface area contributed by atoms with Gasteiger partial charge in [0.05, 0.1) is 11.4 Å². The first-order valence-electron chi connectivity index (χ1n) is 12.1. The number of benzene rings is 2. The second-order valence-electron chi connectivity index (χ2n) is 9.80. The van der Waals surface area contributed by atoms with Crippen LogP contribution in [0.25, 0.3) is 11.3 Å². The average molecular weight is 475 g/mol. The van der Waals surface area contributed by atoms with Gasteiger partial charge in [-0.3, -0.25) is 4.79 Å². The minimum atomic E-state index is -0.226. The van der Waals surface area contributed by atoms with Crippen LogP contribution in [0.2, 0.25) is 0 Å². The third-order valence-corrected chi connectivity index (χ3v) is 7.00. The van der Waals surface area contributed by atoms with Crippen LogP contribution in [0, 0.1) is 5.82 Å². The summed E-state index contributed by atoms with van der Waals surface area (Å²) in [6.45, 7) is 11.5. The lowest BCUT2D eigenvalue weighted by Crippen LogP contribution is -2.46. The molecule has 2 aliphatic rings. The summed E-state index contributed by atoms with van der Waals surface area (Å²) in [4.78, 5) is 25.8. The summed E-state index contributed by atoms with van der Waals surface area (Å²) in [5.74, 6) is 0.167. The van der Waals surface area contributed by atoms with Gasteiger partial charge in [0.2, 0.25) is 5.95 Å². The van der Waals surface area contributed by atoms with Crippen LogP contribution in [0.15, 0.2) is 48.7 Å². The third-order valence-electron chi connectivity index (χ3n) is 7.00. The number of anilines is 3. The van der Waals surface area contributed by atoms with E-state index in [0.29, 0.717) is 23.7 Å². The van der Waals surface area contributed by atoms with Crippen molar-refractivity contribution in [1.82, 2.24) is 20.2 Å². The van der Waals surface area contributed by atoms with Crippen molar-refractivity contribution in [2.45, 2.75) is 26.2 Å². The fourth-order valence-electron chi connectivity index (χ4n) is 4.80. The summed E-state index contributed by atoms with van der Waals surface area (Å²) in [6.07, 6.45) is 1.70. The van der Waals surface area contributed by atoms with E-state index in [2.05, 4.69) is 46.2 Å². The average Bonchev–Trinajstić information content (AvgIpc) is 2.88. The van der Waals surface area contributed by atoms with Gasteiger partial charge in [-0.2, -0.15) is 0 Å². The zero-order valence-corrected chi connectivity index (χ0v) is 20.4. The topological polar surface area (TPSA) is 73.4 Å². The molecule has 7 nitrogen and oxygen atoms in total. The van der Waals surface area contributed by atoms with Gasteiger partial charge in [-0.1, -0.05) is 26.8 Å². The highest BCUT2D eigenvalue weighted by Gasteiger charge is 2.31. The molecule has 0 atom stereocenters. The molecule has 8 heteroatoms. The number of amides is 1. The third kappa shape index (κ3) is 4.71. The van der Waals surface area contributed by atoms with Crippen LogP contribution in [-0.2, 0) is 5.41 Å². The zero-order chi connectivity index (χ0) is 24.6. The molecule has 0 radical (unpaired) electrons. The van der Waals surface area contributed by atoms with Gasteiger partial charge in [0.15, 0.2) is 0 Å². The summed E-state index contributed by atoms with van der Waals surface area (Å²) in [7, 11) is 0. The Hall–Kier alpha value is -3.52. The minimum absolute atomic E-state index is 0.0425. The monoisotopic (exact) mass is 474 g/mol. The summed E-state index contributed by atoms with van der Waals surface area (Å²) in [5, 5.41) is 6.19. The number of aromatic nitrogens is 2. The van der Waals surface area contributed by atoms with Crippen molar-refractivity contribution in [3.8, 4) is 11.3 Å². The molecule has 182 valence electrons. The normalized spacial score (nSPS) is 17.6. The zero-order valence-electron chi connectivity index (χ0n) is 20.4. The Morgan fingerprint density at radius 1 is 1.09 bits per heavy atom. The molecule has 2 aliphatic heterocycles. The summed E-state index contributed by atoms with van der Waals surface area (Å²) >= 11 is 0. The van der Waals surface area contributed by atoms with Crippen LogP contribution < -0.4 is 15.5 Å². The Labute approximate surface area is 205 Å². The Morgan fingerprint density at radius 3 is 2.66 bits per heavy atom. The van der Waals surface area contributed by atoms with Gasteiger partial charge in [-0.15, -0.1) is 0 Å². The molecule has 0 saturated carbocycles. The van der Waals surface area contributed by atoms with Gasteiger partial charge in [0, 0.05) is 61.1 Å². The SMILES string of the molecule is CCN1CCN(c2cc(Nc3nccc(-c4ccc5c(c4)C(C)(C)CNC5=O)n3)ccc2F)CC1. The second kappa shape index (κ2) is 9.26. The predicted molar refractivity (Wildman–Crippen MR) is 137 cm³/mol. The Kier molecular flexibility index (Phi) is 6.15. The molecular weight excluding hydrogens is 443 g/mol. The number of piperazine rings is 1. The molecule has 0 aliphatic carbocycles. The van der Waals surface area contributed by atoms with Crippen molar-refractivity contribution in [1.29, 1.82) is 0 Å². The minimum Gasteiger partial charge on any atom is -0.367 e. The number of fused-ring (bicyclic) bond motifs is 1. The van der Waals surface area contributed by atoms with Gasteiger partial charge in [-0.05, 0) is 48.5 Å². The molecule has 1 aromatic heterocycles. The standard InChI is InChI=1S/C27H31FN6O/c1-4-33-11-13-34(14-12-33)24-16-19(6-8-22(24)28)31-26-29-10-9-23(32-26)18-5-7-20-21(15-18)27(2,3)17-30-25(20)35/h5-10,15-16H,4,11-14,17H2,1-3H3,(H,30,35)(H,29,31,32). The number of hydrogen-bond donors (Lipinski definition) is 2. The van der Waals surface area contributed by atoms with Crippen LogP contribution in [0.1, 0.15) is 36.7 Å². The van der Waals surface area contributed by atoms with Crippen LogP contribution >= 0.6 is 0 Å². The first kappa shape index (κ1) is 23.2. The lowest BCUT2D eigenvalue weighted by atomic mass is 9.78. The van der Waals surface area contributed by atoms with Gasteiger partial charge >= 0.3 is 0 Å². The van der Waals surface area contributed by atoms with E-state index in [0.717, 1.165) is 55.2 Å². The van der Waals surface area contributed by atoms with E-state index < -0.39 is 0 Å². The molecule has 3 aromatic rings. The highest BCUT2D eigenvalue weighted by molar-refractivity contribution is 5.98. The van der Waals surface area contributed by atoms with Crippen molar-refractivity contribution in [2.24, 2.45) is 0 Å². The lowest BCUT2D eigenvalue weighted by Gasteiger charge is -2.35. The highest BCUT2D eigenvalue weighted by atomic mass is 19.1. The molecule has 35 heavy (non-hydrogen) atoms. The van der Waals surface area contributed by atoms with Crippen LogP contribution in [0.4, 0.5) is 21.7 Å². The molecule has 1 amide bonds. The highest BCUT2D eigenvalue weighted by Crippen LogP contribution is 2.33. The molecule has 5 rings (SSSR count). The van der Waals surface area contributed by atoms with Gasteiger partial charge in [0.25, 0.3) is 5.91 Å². The number of halogens is 1. The molecule has 0 spiro atoms.